The summed E-state index contributed by atoms with van der Waals surface area (Å²) in [5, 5.41) is 13.5. The Balaban J connectivity index is 2.13. The Bertz CT molecular complexity index is 536. The molecule has 6 nitrogen and oxygen atoms in total. The summed E-state index contributed by atoms with van der Waals surface area (Å²) in [4.78, 5) is 22.5. The van der Waals surface area contributed by atoms with Crippen molar-refractivity contribution in [2.75, 3.05) is 5.32 Å². The second-order valence-corrected chi connectivity index (χ2v) is 5.43. The normalized spacial score (nSPS) is 17.5. The van der Waals surface area contributed by atoms with Crippen molar-refractivity contribution >= 4 is 17.3 Å². The zero-order chi connectivity index (χ0) is 14.8. The SMILES string of the molecule is Cc1cc([N+](=O)[O-])ccc1NC(=O)C1(N)CCCCC1. The van der Waals surface area contributed by atoms with Gasteiger partial charge in [-0.05, 0) is 31.4 Å². The minimum absolute atomic E-state index is 0.0145. The van der Waals surface area contributed by atoms with E-state index in [0.717, 1.165) is 19.3 Å². The van der Waals surface area contributed by atoms with Gasteiger partial charge in [0.15, 0.2) is 0 Å². The van der Waals surface area contributed by atoms with Gasteiger partial charge in [0.2, 0.25) is 5.91 Å². The maximum Gasteiger partial charge on any atom is 0.269 e. The van der Waals surface area contributed by atoms with Gasteiger partial charge in [-0.15, -0.1) is 0 Å². The third-order valence-electron chi connectivity index (χ3n) is 3.87. The lowest BCUT2D eigenvalue weighted by Gasteiger charge is -2.32. The first-order chi connectivity index (χ1) is 9.42. The molecule has 0 radical (unpaired) electrons. The number of nitro groups is 1. The van der Waals surface area contributed by atoms with Crippen LogP contribution in [0.1, 0.15) is 37.7 Å². The number of aryl methyl sites for hydroxylation is 1. The summed E-state index contributed by atoms with van der Waals surface area (Å²) in [6.45, 7) is 1.73. The fourth-order valence-electron chi connectivity index (χ4n) is 2.56. The van der Waals surface area contributed by atoms with E-state index in [1.165, 1.54) is 12.1 Å². The van der Waals surface area contributed by atoms with E-state index in [1.54, 1.807) is 13.0 Å². The van der Waals surface area contributed by atoms with Gasteiger partial charge in [0.1, 0.15) is 0 Å². The highest BCUT2D eigenvalue weighted by molar-refractivity contribution is 5.98. The van der Waals surface area contributed by atoms with Crippen LogP contribution in [-0.2, 0) is 4.79 Å². The van der Waals surface area contributed by atoms with Gasteiger partial charge in [0, 0.05) is 17.8 Å². The number of rotatable bonds is 3. The summed E-state index contributed by atoms with van der Waals surface area (Å²) in [5.41, 5.74) is 6.60. The molecule has 1 aliphatic carbocycles. The van der Waals surface area contributed by atoms with Crippen molar-refractivity contribution in [1.82, 2.24) is 0 Å². The van der Waals surface area contributed by atoms with Crippen molar-refractivity contribution in [3.05, 3.63) is 33.9 Å². The number of nitrogens with one attached hydrogen (secondary N) is 1. The summed E-state index contributed by atoms with van der Waals surface area (Å²) in [7, 11) is 0. The molecular weight excluding hydrogens is 258 g/mol. The van der Waals surface area contributed by atoms with Gasteiger partial charge in [0.25, 0.3) is 5.69 Å². The minimum atomic E-state index is -0.813. The number of hydrogen-bond donors (Lipinski definition) is 2. The Morgan fingerprint density at radius 2 is 2.00 bits per heavy atom. The van der Waals surface area contributed by atoms with Crippen LogP contribution in [0.5, 0.6) is 0 Å². The van der Waals surface area contributed by atoms with E-state index in [9.17, 15) is 14.9 Å². The molecule has 0 saturated heterocycles. The van der Waals surface area contributed by atoms with Crippen LogP contribution in [0.15, 0.2) is 18.2 Å². The average Bonchev–Trinajstić information content (AvgIpc) is 2.41. The first-order valence-electron chi connectivity index (χ1n) is 6.78. The van der Waals surface area contributed by atoms with E-state index in [0.29, 0.717) is 24.1 Å². The summed E-state index contributed by atoms with van der Waals surface area (Å²) in [5.74, 6) is -0.200. The average molecular weight is 277 g/mol. The Labute approximate surface area is 117 Å². The molecule has 1 amide bonds. The number of non-ortho nitro benzene ring substituents is 1. The van der Waals surface area contributed by atoms with Crippen molar-refractivity contribution < 1.29 is 9.72 Å². The molecule has 108 valence electrons. The van der Waals surface area contributed by atoms with Crippen LogP contribution in [0.4, 0.5) is 11.4 Å². The van der Waals surface area contributed by atoms with Crippen LogP contribution in [0.25, 0.3) is 0 Å². The van der Waals surface area contributed by atoms with Crippen LogP contribution in [0.3, 0.4) is 0 Å². The lowest BCUT2D eigenvalue weighted by Crippen LogP contribution is -2.52. The Morgan fingerprint density at radius 3 is 2.55 bits per heavy atom. The van der Waals surface area contributed by atoms with Crippen LogP contribution in [0.2, 0.25) is 0 Å². The van der Waals surface area contributed by atoms with Gasteiger partial charge in [-0.25, -0.2) is 0 Å². The minimum Gasteiger partial charge on any atom is -0.324 e. The Morgan fingerprint density at radius 1 is 1.35 bits per heavy atom. The van der Waals surface area contributed by atoms with Gasteiger partial charge in [-0.3, -0.25) is 14.9 Å². The summed E-state index contributed by atoms with van der Waals surface area (Å²) in [6.07, 6.45) is 4.41. The first kappa shape index (κ1) is 14.5. The van der Waals surface area contributed by atoms with Crippen molar-refractivity contribution in [3.8, 4) is 0 Å². The van der Waals surface area contributed by atoms with E-state index < -0.39 is 10.5 Å². The maximum atomic E-state index is 12.3. The molecule has 0 bridgehead atoms. The van der Waals surface area contributed by atoms with E-state index in [1.807, 2.05) is 0 Å². The molecule has 1 aromatic carbocycles. The quantitative estimate of drug-likeness (QED) is 0.655. The van der Waals surface area contributed by atoms with E-state index in [4.69, 9.17) is 5.73 Å². The van der Waals surface area contributed by atoms with Crippen molar-refractivity contribution in [2.24, 2.45) is 5.73 Å². The lowest BCUT2D eigenvalue weighted by atomic mass is 9.82. The van der Waals surface area contributed by atoms with Crippen LogP contribution in [0, 0.1) is 17.0 Å². The van der Waals surface area contributed by atoms with Crippen molar-refractivity contribution in [3.63, 3.8) is 0 Å². The van der Waals surface area contributed by atoms with Crippen molar-refractivity contribution in [2.45, 2.75) is 44.6 Å². The molecule has 0 atom stereocenters. The molecule has 0 aromatic heterocycles. The third kappa shape index (κ3) is 2.96. The molecule has 1 saturated carbocycles. The highest BCUT2D eigenvalue weighted by Crippen LogP contribution is 2.28. The molecule has 0 heterocycles. The molecule has 6 heteroatoms. The number of carbonyl (C=O) groups is 1. The highest BCUT2D eigenvalue weighted by Gasteiger charge is 2.35. The smallest absolute Gasteiger partial charge is 0.269 e. The predicted octanol–water partition coefficient (Wildman–Crippen LogP) is 2.50. The first-order valence-corrected chi connectivity index (χ1v) is 6.78. The van der Waals surface area contributed by atoms with Crippen LogP contribution >= 0.6 is 0 Å². The summed E-state index contributed by atoms with van der Waals surface area (Å²) in [6, 6.07) is 4.38. The monoisotopic (exact) mass is 277 g/mol. The van der Waals surface area contributed by atoms with Gasteiger partial charge in [0.05, 0.1) is 10.5 Å². The number of anilines is 1. The number of amides is 1. The second kappa shape index (κ2) is 5.58. The lowest BCUT2D eigenvalue weighted by molar-refractivity contribution is -0.384. The van der Waals surface area contributed by atoms with Gasteiger partial charge >= 0.3 is 0 Å². The summed E-state index contributed by atoms with van der Waals surface area (Å²) >= 11 is 0. The number of benzene rings is 1. The molecule has 0 aliphatic heterocycles. The number of nitro benzene ring substituents is 1. The van der Waals surface area contributed by atoms with E-state index in [-0.39, 0.29) is 11.6 Å². The van der Waals surface area contributed by atoms with Gasteiger partial charge in [-0.2, -0.15) is 0 Å². The largest absolute Gasteiger partial charge is 0.324 e. The van der Waals surface area contributed by atoms with E-state index in [2.05, 4.69) is 5.32 Å². The molecule has 1 aromatic rings. The molecule has 0 unspecified atom stereocenters. The van der Waals surface area contributed by atoms with Crippen molar-refractivity contribution in [1.29, 1.82) is 0 Å². The Kier molecular flexibility index (Phi) is 4.04. The molecular formula is C14H19N3O3. The fourth-order valence-corrected chi connectivity index (χ4v) is 2.56. The highest BCUT2D eigenvalue weighted by atomic mass is 16.6. The third-order valence-corrected chi connectivity index (χ3v) is 3.87. The van der Waals surface area contributed by atoms with E-state index >= 15 is 0 Å². The number of carbonyl (C=O) groups excluding carboxylic acids is 1. The topological polar surface area (TPSA) is 98.3 Å². The number of hydrogen-bond acceptors (Lipinski definition) is 4. The zero-order valence-corrected chi connectivity index (χ0v) is 11.5. The predicted molar refractivity (Wildman–Crippen MR) is 76.5 cm³/mol. The van der Waals surface area contributed by atoms with Gasteiger partial charge in [-0.1, -0.05) is 19.3 Å². The zero-order valence-electron chi connectivity index (χ0n) is 11.5. The molecule has 3 N–H and O–H groups in total. The maximum absolute atomic E-state index is 12.3. The number of nitrogens with two attached hydrogens (primary N) is 1. The fraction of sp³-hybridized carbons (Fsp3) is 0.500. The standard InChI is InChI=1S/C14H19N3O3/c1-10-9-11(17(19)20)5-6-12(10)16-13(18)14(15)7-3-2-4-8-14/h5-6,9H,2-4,7-8,15H2,1H3,(H,16,18). The molecule has 1 fully saturated rings. The second-order valence-electron chi connectivity index (χ2n) is 5.43. The molecule has 20 heavy (non-hydrogen) atoms. The molecule has 2 rings (SSSR count). The van der Waals surface area contributed by atoms with Crippen LogP contribution < -0.4 is 11.1 Å². The molecule has 1 aliphatic rings. The van der Waals surface area contributed by atoms with Gasteiger partial charge < -0.3 is 11.1 Å². The summed E-state index contributed by atoms with van der Waals surface area (Å²) < 4.78 is 0. The Hall–Kier alpha value is -1.95. The molecule has 0 spiro atoms. The van der Waals surface area contributed by atoms with Crippen LogP contribution in [-0.4, -0.2) is 16.4 Å². The number of nitrogens with zero attached hydrogens (tertiary/aromatic N) is 1.